The van der Waals surface area contributed by atoms with Crippen LogP contribution in [0, 0.1) is 5.92 Å². The molecule has 0 radical (unpaired) electrons. The van der Waals surface area contributed by atoms with Crippen LogP contribution in [0.1, 0.15) is 42.6 Å². The van der Waals surface area contributed by atoms with Gasteiger partial charge in [-0.05, 0) is 23.6 Å². The highest BCUT2D eigenvalue weighted by molar-refractivity contribution is 5.73. The van der Waals surface area contributed by atoms with Crippen molar-refractivity contribution in [2.45, 2.75) is 32.5 Å². The van der Waals surface area contributed by atoms with Gasteiger partial charge in [0.25, 0.3) is 0 Å². The Hall–Kier alpha value is -2.91. The molecule has 0 amide bonds. The normalized spacial score (nSPS) is 14.2. The number of ether oxygens (including phenoxy) is 1. The van der Waals surface area contributed by atoms with Crippen molar-refractivity contribution >= 4 is 5.97 Å². The molecular weight excluding hydrogens is 358 g/mol. The number of carbonyl (C=O) groups is 1. The summed E-state index contributed by atoms with van der Waals surface area (Å²) in [6.07, 6.45) is 0. The molecule has 0 aliphatic carbocycles. The lowest BCUT2D eigenvalue weighted by Crippen LogP contribution is -2.37. The quantitative estimate of drug-likeness (QED) is 0.458. The highest BCUT2D eigenvalue weighted by atomic mass is 16.5. The van der Waals surface area contributed by atoms with E-state index in [1.165, 1.54) is 18.2 Å². The summed E-state index contributed by atoms with van der Waals surface area (Å²) < 4.78 is 5.13. The minimum Gasteiger partial charge on any atom is -0.469 e. The van der Waals surface area contributed by atoms with Gasteiger partial charge in [0.05, 0.1) is 13.0 Å². The highest BCUT2D eigenvalue weighted by Gasteiger charge is 2.34. The monoisotopic (exact) mass is 387 g/mol. The van der Waals surface area contributed by atoms with E-state index in [0.29, 0.717) is 0 Å². The second-order valence-corrected chi connectivity index (χ2v) is 7.41. The number of benzene rings is 3. The molecule has 3 aromatic rings. The molecule has 29 heavy (non-hydrogen) atoms. The van der Waals surface area contributed by atoms with Gasteiger partial charge in [0, 0.05) is 18.6 Å². The Morgan fingerprint density at radius 2 is 1.28 bits per heavy atom. The van der Waals surface area contributed by atoms with E-state index in [0.717, 1.165) is 12.1 Å². The predicted octanol–water partition coefficient (Wildman–Crippen LogP) is 5.80. The number of nitrogens with zero attached hydrogens (tertiary/aromatic N) is 1. The first-order valence-corrected chi connectivity index (χ1v) is 10.1. The van der Waals surface area contributed by atoms with Gasteiger partial charge in [0.2, 0.25) is 0 Å². The fourth-order valence-electron chi connectivity index (χ4n) is 3.93. The molecule has 3 aromatic carbocycles. The summed E-state index contributed by atoms with van der Waals surface area (Å²) in [6, 6.07) is 31.1. The van der Waals surface area contributed by atoms with Gasteiger partial charge >= 0.3 is 5.97 Å². The van der Waals surface area contributed by atoms with Crippen molar-refractivity contribution in [2.75, 3.05) is 7.11 Å². The molecule has 0 unspecified atom stereocenters. The molecule has 3 atom stereocenters. The first-order chi connectivity index (χ1) is 14.1. The molecule has 0 aliphatic heterocycles. The number of hydrogen-bond donors (Lipinski definition) is 0. The molecule has 0 spiro atoms. The summed E-state index contributed by atoms with van der Waals surface area (Å²) >= 11 is 0. The van der Waals surface area contributed by atoms with Gasteiger partial charge < -0.3 is 4.74 Å². The molecule has 0 heterocycles. The van der Waals surface area contributed by atoms with E-state index in [2.05, 4.69) is 72.5 Å². The van der Waals surface area contributed by atoms with E-state index in [-0.39, 0.29) is 24.0 Å². The number of methoxy groups -OCH3 is 1. The average molecular weight is 388 g/mol. The van der Waals surface area contributed by atoms with E-state index >= 15 is 0 Å². The fraction of sp³-hybridized carbons (Fsp3) is 0.269. The minimum absolute atomic E-state index is 0.112. The first kappa shape index (κ1) is 20.8. The zero-order chi connectivity index (χ0) is 20.6. The predicted molar refractivity (Wildman–Crippen MR) is 117 cm³/mol. The van der Waals surface area contributed by atoms with Crippen LogP contribution in [0.25, 0.3) is 0 Å². The van der Waals surface area contributed by atoms with E-state index in [1.54, 1.807) is 0 Å². The third-order valence-electron chi connectivity index (χ3n) is 5.53. The number of esters is 1. The minimum atomic E-state index is -0.308. The maximum Gasteiger partial charge on any atom is 0.310 e. The molecule has 0 saturated carbocycles. The smallest absolute Gasteiger partial charge is 0.310 e. The van der Waals surface area contributed by atoms with Crippen LogP contribution in [0.5, 0.6) is 0 Å². The number of rotatable bonds is 8. The molecule has 0 saturated heterocycles. The van der Waals surface area contributed by atoms with Crippen LogP contribution in [-0.2, 0) is 16.1 Å². The summed E-state index contributed by atoms with van der Waals surface area (Å²) in [6.45, 7) is 4.90. The van der Waals surface area contributed by atoms with E-state index in [9.17, 15) is 4.79 Å². The summed E-state index contributed by atoms with van der Waals surface area (Å²) in [5.41, 5.74) is 3.55. The van der Waals surface area contributed by atoms with Gasteiger partial charge in [-0.15, -0.1) is 0 Å². The Balaban J connectivity index is 2.07. The van der Waals surface area contributed by atoms with Crippen molar-refractivity contribution in [1.29, 1.82) is 0 Å². The Morgan fingerprint density at radius 3 is 1.79 bits per heavy atom. The van der Waals surface area contributed by atoms with Crippen LogP contribution in [0.2, 0.25) is 0 Å². The number of hydrogen-bond acceptors (Lipinski definition) is 3. The molecule has 0 bridgehead atoms. The molecular formula is C26H29NO2. The second-order valence-electron chi connectivity index (χ2n) is 7.41. The van der Waals surface area contributed by atoms with Crippen molar-refractivity contribution in [3.05, 3.63) is 108 Å². The van der Waals surface area contributed by atoms with Gasteiger partial charge in [-0.25, -0.2) is 0 Å². The molecule has 3 heteroatoms. The van der Waals surface area contributed by atoms with Crippen molar-refractivity contribution < 1.29 is 9.53 Å². The molecule has 0 fully saturated rings. The van der Waals surface area contributed by atoms with Crippen molar-refractivity contribution in [3.63, 3.8) is 0 Å². The van der Waals surface area contributed by atoms with Crippen molar-refractivity contribution in [3.8, 4) is 0 Å². The highest BCUT2D eigenvalue weighted by Crippen LogP contribution is 2.37. The lowest BCUT2D eigenvalue weighted by molar-refractivity contribution is -0.148. The Labute approximate surface area is 174 Å². The molecule has 0 aliphatic rings. The van der Waals surface area contributed by atoms with Gasteiger partial charge in [-0.3, -0.25) is 9.69 Å². The Kier molecular flexibility index (Phi) is 7.20. The average Bonchev–Trinajstić information content (AvgIpc) is 2.79. The summed E-state index contributed by atoms with van der Waals surface area (Å²) in [4.78, 5) is 15.0. The van der Waals surface area contributed by atoms with E-state index in [1.807, 2.05) is 37.3 Å². The maximum absolute atomic E-state index is 12.6. The standard InChI is InChI=1S/C26H29NO2/c1-20(26(28)29-3)25(24-17-11-6-12-18-24)27(19-22-13-7-4-8-14-22)21(2)23-15-9-5-10-16-23/h4-18,20-21,25H,19H2,1-3H3/t20-,21-,25+/m0/s1. The van der Waals surface area contributed by atoms with Gasteiger partial charge in [0.15, 0.2) is 0 Å². The van der Waals surface area contributed by atoms with Crippen LogP contribution in [0.4, 0.5) is 0 Å². The largest absolute Gasteiger partial charge is 0.469 e. The van der Waals surface area contributed by atoms with Gasteiger partial charge in [-0.2, -0.15) is 0 Å². The number of carbonyl (C=O) groups excluding carboxylic acids is 1. The Bertz CT molecular complexity index is 880. The molecule has 0 aromatic heterocycles. The zero-order valence-corrected chi connectivity index (χ0v) is 17.4. The van der Waals surface area contributed by atoms with Crippen LogP contribution < -0.4 is 0 Å². The third-order valence-corrected chi connectivity index (χ3v) is 5.53. The van der Waals surface area contributed by atoms with E-state index in [4.69, 9.17) is 4.74 Å². The topological polar surface area (TPSA) is 29.5 Å². The molecule has 0 N–H and O–H groups in total. The maximum atomic E-state index is 12.6. The van der Waals surface area contributed by atoms with Crippen molar-refractivity contribution in [2.24, 2.45) is 5.92 Å². The zero-order valence-electron chi connectivity index (χ0n) is 17.4. The Morgan fingerprint density at radius 1 is 0.793 bits per heavy atom. The molecule has 150 valence electrons. The summed E-state index contributed by atoms with van der Waals surface area (Å²) in [5, 5.41) is 0. The fourth-order valence-corrected chi connectivity index (χ4v) is 3.93. The van der Waals surface area contributed by atoms with Gasteiger partial charge in [-0.1, -0.05) is 97.9 Å². The second kappa shape index (κ2) is 10.0. The van der Waals surface area contributed by atoms with E-state index < -0.39 is 0 Å². The van der Waals surface area contributed by atoms with Crippen LogP contribution >= 0.6 is 0 Å². The van der Waals surface area contributed by atoms with Crippen LogP contribution in [-0.4, -0.2) is 18.0 Å². The summed E-state index contributed by atoms with van der Waals surface area (Å²) in [7, 11) is 1.46. The van der Waals surface area contributed by atoms with Gasteiger partial charge in [0.1, 0.15) is 0 Å². The lowest BCUT2D eigenvalue weighted by atomic mass is 9.90. The lowest BCUT2D eigenvalue weighted by Gasteiger charge is -2.39. The van der Waals surface area contributed by atoms with Crippen molar-refractivity contribution in [1.82, 2.24) is 4.90 Å². The van der Waals surface area contributed by atoms with Crippen LogP contribution in [0.3, 0.4) is 0 Å². The summed E-state index contributed by atoms with van der Waals surface area (Å²) in [5.74, 6) is -0.505. The van der Waals surface area contributed by atoms with Crippen LogP contribution in [0.15, 0.2) is 91.0 Å². The SMILES string of the molecule is COC(=O)[C@@H](C)[C@H](c1ccccc1)N(Cc1ccccc1)[C@@H](C)c1ccccc1. The molecule has 3 nitrogen and oxygen atoms in total. The third kappa shape index (κ3) is 5.12. The molecule has 3 rings (SSSR count). The first-order valence-electron chi connectivity index (χ1n) is 10.1.